The van der Waals surface area contributed by atoms with Crippen LogP contribution in [0.5, 0.6) is 0 Å². The maximum absolute atomic E-state index is 13.2. The summed E-state index contributed by atoms with van der Waals surface area (Å²) in [6.45, 7) is 1.52. The summed E-state index contributed by atoms with van der Waals surface area (Å²) in [5.74, 6) is 1.71. The van der Waals surface area contributed by atoms with Crippen molar-refractivity contribution >= 4 is 17.6 Å². The summed E-state index contributed by atoms with van der Waals surface area (Å²) in [5.41, 5.74) is 1.83. The Labute approximate surface area is 145 Å². The van der Waals surface area contributed by atoms with Crippen molar-refractivity contribution in [3.8, 4) is 12.3 Å². The highest BCUT2D eigenvalue weighted by Crippen LogP contribution is 2.13. The van der Waals surface area contributed by atoms with Crippen molar-refractivity contribution in [3.63, 3.8) is 0 Å². The molecular formula is C19H18FN3O2. The highest BCUT2D eigenvalue weighted by Gasteiger charge is 2.11. The number of terminal acetylenes is 1. The molecule has 25 heavy (non-hydrogen) atoms. The Bertz CT molecular complexity index is 814. The quantitative estimate of drug-likeness (QED) is 0.733. The molecule has 3 amide bonds. The molecule has 2 aromatic rings. The number of benzene rings is 2. The minimum Gasteiger partial charge on any atom is -0.332 e. The van der Waals surface area contributed by atoms with Crippen LogP contribution in [0.3, 0.4) is 0 Å². The molecular weight excluding hydrogens is 321 g/mol. The second kappa shape index (κ2) is 8.50. The van der Waals surface area contributed by atoms with E-state index in [1.165, 1.54) is 12.1 Å². The first-order valence-corrected chi connectivity index (χ1v) is 7.64. The van der Waals surface area contributed by atoms with Crippen LogP contribution in [0.4, 0.5) is 14.9 Å². The van der Waals surface area contributed by atoms with Crippen LogP contribution in [0.2, 0.25) is 0 Å². The van der Waals surface area contributed by atoms with E-state index in [-0.39, 0.29) is 18.3 Å². The Kier molecular flexibility index (Phi) is 6.13. The fourth-order valence-corrected chi connectivity index (χ4v) is 2.16. The molecule has 0 bridgehead atoms. The van der Waals surface area contributed by atoms with Gasteiger partial charge in [-0.2, -0.15) is 0 Å². The van der Waals surface area contributed by atoms with Crippen LogP contribution in [-0.4, -0.2) is 18.5 Å². The highest BCUT2D eigenvalue weighted by molar-refractivity contribution is 5.94. The summed E-state index contributed by atoms with van der Waals surface area (Å²) in [5, 5.41) is 7.73. The lowest BCUT2D eigenvalue weighted by Crippen LogP contribution is -2.41. The molecule has 0 saturated heterocycles. The standard InChI is InChI=1S/C19H18FN3O2/c1-3-14-6-4-9-17(10-14)23-18(24)12-21-19(25)22-13(2)15-7-5-8-16(20)11-15/h1,4-11,13H,12H2,2H3,(H,23,24)(H2,21,22,25)/t13-/m1/s1. The van der Waals surface area contributed by atoms with Gasteiger partial charge in [0.05, 0.1) is 12.6 Å². The molecule has 0 aliphatic heterocycles. The minimum absolute atomic E-state index is 0.206. The smallest absolute Gasteiger partial charge is 0.315 e. The van der Waals surface area contributed by atoms with Gasteiger partial charge in [-0.1, -0.05) is 24.1 Å². The Morgan fingerprint density at radius 2 is 1.96 bits per heavy atom. The highest BCUT2D eigenvalue weighted by atomic mass is 19.1. The van der Waals surface area contributed by atoms with E-state index in [1.807, 2.05) is 0 Å². The number of anilines is 1. The van der Waals surface area contributed by atoms with E-state index in [0.29, 0.717) is 16.8 Å². The van der Waals surface area contributed by atoms with Crippen LogP contribution in [0.25, 0.3) is 0 Å². The summed E-state index contributed by atoms with van der Waals surface area (Å²) in [6, 6.07) is 11.9. The van der Waals surface area contributed by atoms with Gasteiger partial charge in [0.2, 0.25) is 5.91 Å². The maximum Gasteiger partial charge on any atom is 0.315 e. The average Bonchev–Trinajstić information content (AvgIpc) is 2.60. The number of hydrogen-bond donors (Lipinski definition) is 3. The van der Waals surface area contributed by atoms with Gasteiger partial charge in [0.15, 0.2) is 0 Å². The fourth-order valence-electron chi connectivity index (χ4n) is 2.16. The van der Waals surface area contributed by atoms with Crippen LogP contribution in [-0.2, 0) is 4.79 Å². The van der Waals surface area contributed by atoms with Gasteiger partial charge < -0.3 is 16.0 Å². The molecule has 0 heterocycles. The number of amides is 3. The summed E-state index contributed by atoms with van der Waals surface area (Å²) >= 11 is 0. The van der Waals surface area contributed by atoms with E-state index in [2.05, 4.69) is 21.9 Å². The van der Waals surface area contributed by atoms with Gasteiger partial charge in [-0.05, 0) is 42.8 Å². The van der Waals surface area contributed by atoms with Crippen LogP contribution in [0.15, 0.2) is 48.5 Å². The number of hydrogen-bond acceptors (Lipinski definition) is 2. The predicted octanol–water partition coefficient (Wildman–Crippen LogP) is 2.81. The van der Waals surface area contributed by atoms with Crippen LogP contribution >= 0.6 is 0 Å². The molecule has 2 rings (SSSR count). The van der Waals surface area contributed by atoms with Gasteiger partial charge in [0.25, 0.3) is 0 Å². The first kappa shape index (κ1) is 18.0. The van der Waals surface area contributed by atoms with Crippen LogP contribution in [0.1, 0.15) is 24.1 Å². The van der Waals surface area contributed by atoms with Gasteiger partial charge in [-0.25, -0.2) is 9.18 Å². The largest absolute Gasteiger partial charge is 0.332 e. The maximum atomic E-state index is 13.2. The second-order valence-corrected chi connectivity index (χ2v) is 5.38. The number of halogens is 1. The summed E-state index contributed by atoms with van der Waals surface area (Å²) in [6.07, 6.45) is 5.30. The third-order valence-electron chi connectivity index (χ3n) is 3.42. The van der Waals surface area contributed by atoms with E-state index in [1.54, 1.807) is 43.3 Å². The van der Waals surface area contributed by atoms with Crippen molar-refractivity contribution in [1.29, 1.82) is 0 Å². The predicted molar refractivity (Wildman–Crippen MR) is 94.4 cm³/mol. The number of urea groups is 1. The molecule has 128 valence electrons. The zero-order valence-electron chi connectivity index (χ0n) is 13.7. The Hall–Kier alpha value is -3.33. The van der Waals surface area contributed by atoms with E-state index < -0.39 is 12.1 Å². The summed E-state index contributed by atoms with van der Waals surface area (Å²) in [4.78, 5) is 23.7. The third kappa shape index (κ3) is 5.66. The Morgan fingerprint density at radius 1 is 1.20 bits per heavy atom. The first-order chi connectivity index (χ1) is 12.0. The van der Waals surface area contributed by atoms with Crippen LogP contribution < -0.4 is 16.0 Å². The van der Waals surface area contributed by atoms with Gasteiger partial charge in [-0.15, -0.1) is 6.42 Å². The van der Waals surface area contributed by atoms with Gasteiger partial charge in [-0.3, -0.25) is 4.79 Å². The average molecular weight is 339 g/mol. The number of nitrogens with one attached hydrogen (secondary N) is 3. The van der Waals surface area contributed by atoms with E-state index in [9.17, 15) is 14.0 Å². The summed E-state index contributed by atoms with van der Waals surface area (Å²) in [7, 11) is 0. The molecule has 0 spiro atoms. The third-order valence-corrected chi connectivity index (χ3v) is 3.42. The molecule has 0 aromatic heterocycles. The molecule has 0 aliphatic rings. The zero-order valence-corrected chi connectivity index (χ0v) is 13.7. The molecule has 0 saturated carbocycles. The Balaban J connectivity index is 1.81. The van der Waals surface area contributed by atoms with Crippen molar-refractivity contribution in [2.24, 2.45) is 0 Å². The van der Waals surface area contributed by atoms with Crippen LogP contribution in [0, 0.1) is 18.2 Å². The van der Waals surface area contributed by atoms with Gasteiger partial charge >= 0.3 is 6.03 Å². The molecule has 0 radical (unpaired) electrons. The zero-order chi connectivity index (χ0) is 18.2. The molecule has 0 aliphatic carbocycles. The molecule has 5 nitrogen and oxygen atoms in total. The monoisotopic (exact) mass is 339 g/mol. The molecule has 0 fully saturated rings. The number of carbonyl (C=O) groups is 2. The number of rotatable bonds is 5. The van der Waals surface area contributed by atoms with Gasteiger partial charge in [0.1, 0.15) is 5.82 Å². The SMILES string of the molecule is C#Cc1cccc(NC(=O)CNC(=O)N[C@H](C)c2cccc(F)c2)c1. The van der Waals surface area contributed by atoms with Crippen molar-refractivity contribution in [3.05, 3.63) is 65.5 Å². The van der Waals surface area contributed by atoms with E-state index in [4.69, 9.17) is 6.42 Å². The lowest BCUT2D eigenvalue weighted by molar-refractivity contribution is -0.115. The van der Waals surface area contributed by atoms with Crippen molar-refractivity contribution in [1.82, 2.24) is 10.6 Å². The lowest BCUT2D eigenvalue weighted by atomic mass is 10.1. The first-order valence-electron chi connectivity index (χ1n) is 7.64. The van der Waals surface area contributed by atoms with Crippen molar-refractivity contribution < 1.29 is 14.0 Å². The molecule has 1 atom stereocenters. The van der Waals surface area contributed by atoms with Crippen molar-refractivity contribution in [2.75, 3.05) is 11.9 Å². The number of carbonyl (C=O) groups excluding carboxylic acids is 2. The molecule has 2 aromatic carbocycles. The molecule has 6 heteroatoms. The van der Waals surface area contributed by atoms with E-state index >= 15 is 0 Å². The second-order valence-electron chi connectivity index (χ2n) is 5.38. The molecule has 3 N–H and O–H groups in total. The topological polar surface area (TPSA) is 70.2 Å². The molecule has 0 unspecified atom stereocenters. The lowest BCUT2D eigenvalue weighted by Gasteiger charge is -2.15. The normalized spacial score (nSPS) is 11.1. The van der Waals surface area contributed by atoms with Crippen molar-refractivity contribution in [2.45, 2.75) is 13.0 Å². The minimum atomic E-state index is -0.524. The summed E-state index contributed by atoms with van der Waals surface area (Å²) < 4.78 is 13.2. The Morgan fingerprint density at radius 3 is 2.68 bits per heavy atom. The fraction of sp³-hybridized carbons (Fsp3) is 0.158. The van der Waals surface area contributed by atoms with Gasteiger partial charge in [0, 0.05) is 11.3 Å². The van der Waals surface area contributed by atoms with E-state index in [0.717, 1.165) is 0 Å².